The minimum Gasteiger partial charge on any atom is -0.301 e. The zero-order chi connectivity index (χ0) is 13.9. The summed E-state index contributed by atoms with van der Waals surface area (Å²) < 4.78 is 0. The smallest absolute Gasteiger partial charge is 0.301 e. The zero-order valence-electron chi connectivity index (χ0n) is 10.8. The van der Waals surface area contributed by atoms with Crippen molar-refractivity contribution in [3.05, 3.63) is 35.3 Å². The Kier molecular flexibility index (Phi) is 3.70. The summed E-state index contributed by atoms with van der Waals surface area (Å²) in [5, 5.41) is 6.09. The van der Waals surface area contributed by atoms with E-state index in [0.29, 0.717) is 10.9 Å². The van der Waals surface area contributed by atoms with Crippen LogP contribution in [0.25, 0.3) is 11.0 Å². The number of carbonyl (C=O) groups is 1. The molecule has 3 N–H and O–H groups in total. The van der Waals surface area contributed by atoms with Crippen LogP contribution in [0.2, 0.25) is 0 Å². The standard InChI is InChI=1S/C13H12N4OS2/c1-8-2-3-9-10(6-8)16-13(15-9)20-7-11(18)17-12-14-4-5-19-12/h2-6H,7H2,1H3,(H,15,16)(H,14,17,18)/p+1. The molecule has 0 saturated heterocycles. The van der Waals surface area contributed by atoms with Crippen molar-refractivity contribution < 1.29 is 9.78 Å². The summed E-state index contributed by atoms with van der Waals surface area (Å²) in [6, 6.07) is 6.16. The average Bonchev–Trinajstić information content (AvgIpc) is 3.04. The molecule has 3 aromatic rings. The van der Waals surface area contributed by atoms with E-state index in [2.05, 4.69) is 39.3 Å². The van der Waals surface area contributed by atoms with E-state index in [4.69, 9.17) is 0 Å². The number of aromatic amines is 2. The zero-order valence-corrected chi connectivity index (χ0v) is 12.4. The van der Waals surface area contributed by atoms with E-state index < -0.39 is 0 Å². The van der Waals surface area contributed by atoms with Gasteiger partial charge in [0, 0.05) is 11.6 Å². The lowest BCUT2D eigenvalue weighted by Gasteiger charge is -1.97. The fraction of sp³-hybridized carbons (Fsp3) is 0.154. The number of nitrogens with zero attached hydrogens (tertiary/aromatic N) is 1. The van der Waals surface area contributed by atoms with Gasteiger partial charge < -0.3 is 5.32 Å². The van der Waals surface area contributed by atoms with Crippen molar-refractivity contribution in [3.8, 4) is 0 Å². The van der Waals surface area contributed by atoms with E-state index in [-0.39, 0.29) is 5.91 Å². The number of aromatic nitrogens is 3. The van der Waals surface area contributed by atoms with Crippen LogP contribution in [0.3, 0.4) is 0 Å². The number of benzene rings is 1. The number of carbonyl (C=O) groups excluding carboxylic acids is 1. The maximum absolute atomic E-state index is 11.8. The number of hydrogen-bond acceptors (Lipinski definition) is 4. The SMILES string of the molecule is Cc1ccc2[nH+]c(SCC(=O)Nc3nccs3)[nH]c2c1. The number of H-pyrrole nitrogens is 2. The van der Waals surface area contributed by atoms with Gasteiger partial charge in [0.2, 0.25) is 5.91 Å². The van der Waals surface area contributed by atoms with Gasteiger partial charge in [-0.3, -0.25) is 4.79 Å². The number of amides is 1. The molecule has 3 rings (SSSR count). The number of imidazole rings is 1. The molecule has 0 saturated carbocycles. The Morgan fingerprint density at radius 1 is 1.55 bits per heavy atom. The topological polar surface area (TPSA) is 71.9 Å². The van der Waals surface area contributed by atoms with Gasteiger partial charge in [-0.25, -0.2) is 15.0 Å². The van der Waals surface area contributed by atoms with Crippen molar-refractivity contribution in [2.45, 2.75) is 12.1 Å². The van der Waals surface area contributed by atoms with Crippen molar-refractivity contribution >= 4 is 45.2 Å². The summed E-state index contributed by atoms with van der Waals surface area (Å²) in [4.78, 5) is 22.3. The second kappa shape index (κ2) is 5.64. The van der Waals surface area contributed by atoms with Crippen molar-refractivity contribution in [1.29, 1.82) is 0 Å². The predicted molar refractivity (Wildman–Crippen MR) is 81.1 cm³/mol. The molecule has 20 heavy (non-hydrogen) atoms. The number of rotatable bonds is 4. The van der Waals surface area contributed by atoms with Crippen molar-refractivity contribution in [2.75, 3.05) is 11.1 Å². The van der Waals surface area contributed by atoms with Gasteiger partial charge >= 0.3 is 5.16 Å². The summed E-state index contributed by atoms with van der Waals surface area (Å²) in [5.74, 6) is 0.273. The molecule has 2 heterocycles. The molecule has 5 nitrogen and oxygen atoms in total. The molecule has 0 radical (unpaired) electrons. The Bertz CT molecular complexity index is 736. The number of aryl methyl sites for hydroxylation is 1. The fourth-order valence-electron chi connectivity index (χ4n) is 1.80. The number of thioether (sulfide) groups is 1. The lowest BCUT2D eigenvalue weighted by Crippen LogP contribution is -2.15. The van der Waals surface area contributed by atoms with Crippen LogP contribution < -0.4 is 10.3 Å². The van der Waals surface area contributed by atoms with Crippen molar-refractivity contribution in [1.82, 2.24) is 9.97 Å². The number of anilines is 1. The minimum atomic E-state index is -0.0619. The van der Waals surface area contributed by atoms with Crippen molar-refractivity contribution in [2.24, 2.45) is 0 Å². The first kappa shape index (κ1) is 13.1. The fourth-order valence-corrected chi connectivity index (χ4v) is 3.05. The molecule has 102 valence electrons. The molecular formula is C13H13N4OS2+. The van der Waals surface area contributed by atoms with Crippen LogP contribution in [0.1, 0.15) is 5.56 Å². The molecule has 1 amide bonds. The molecule has 2 aromatic heterocycles. The maximum atomic E-state index is 11.8. The predicted octanol–water partition coefficient (Wildman–Crippen LogP) is 2.48. The van der Waals surface area contributed by atoms with E-state index in [1.54, 1.807) is 6.20 Å². The van der Waals surface area contributed by atoms with Crippen LogP contribution >= 0.6 is 23.1 Å². The Hall–Kier alpha value is -1.86. The molecule has 1 aromatic carbocycles. The molecule has 0 fully saturated rings. The Morgan fingerprint density at radius 2 is 2.45 bits per heavy atom. The highest BCUT2D eigenvalue weighted by molar-refractivity contribution is 7.99. The molecular weight excluding hydrogens is 292 g/mol. The average molecular weight is 305 g/mol. The molecule has 0 bridgehead atoms. The first-order chi connectivity index (χ1) is 9.70. The van der Waals surface area contributed by atoms with Gasteiger partial charge in [-0.1, -0.05) is 6.07 Å². The van der Waals surface area contributed by atoms with E-state index in [1.807, 2.05) is 11.4 Å². The third-order valence-corrected chi connectivity index (χ3v) is 4.29. The highest BCUT2D eigenvalue weighted by Crippen LogP contribution is 2.17. The lowest BCUT2D eigenvalue weighted by atomic mass is 10.2. The molecule has 0 unspecified atom stereocenters. The van der Waals surface area contributed by atoms with Gasteiger partial charge in [-0.15, -0.1) is 11.3 Å². The van der Waals surface area contributed by atoms with Gasteiger partial charge in [0.25, 0.3) is 0 Å². The Morgan fingerprint density at radius 3 is 3.25 bits per heavy atom. The summed E-state index contributed by atoms with van der Waals surface area (Å²) in [7, 11) is 0. The van der Waals surface area contributed by atoms with Crippen LogP contribution in [0, 0.1) is 6.92 Å². The third-order valence-electron chi connectivity index (χ3n) is 2.70. The van der Waals surface area contributed by atoms with Gasteiger partial charge in [0.1, 0.15) is 0 Å². The number of thiazole rings is 1. The second-order valence-electron chi connectivity index (χ2n) is 4.30. The molecule has 7 heteroatoms. The van der Waals surface area contributed by atoms with E-state index in [0.717, 1.165) is 16.2 Å². The number of nitrogens with one attached hydrogen (secondary N) is 3. The molecule has 0 aliphatic carbocycles. The van der Waals surface area contributed by atoms with Crippen LogP contribution in [0.15, 0.2) is 34.9 Å². The summed E-state index contributed by atoms with van der Waals surface area (Å²) >= 11 is 2.85. The molecule has 0 aliphatic rings. The van der Waals surface area contributed by atoms with Crippen molar-refractivity contribution in [3.63, 3.8) is 0 Å². The van der Waals surface area contributed by atoms with Crippen LogP contribution in [0.5, 0.6) is 0 Å². The summed E-state index contributed by atoms with van der Waals surface area (Å²) in [6.07, 6.45) is 1.67. The third kappa shape index (κ3) is 3.00. The maximum Gasteiger partial charge on any atom is 0.315 e. The van der Waals surface area contributed by atoms with E-state index >= 15 is 0 Å². The molecule has 0 atom stereocenters. The van der Waals surface area contributed by atoms with Crippen LogP contribution in [0.4, 0.5) is 5.13 Å². The van der Waals surface area contributed by atoms with Crippen LogP contribution in [-0.2, 0) is 4.79 Å². The monoisotopic (exact) mass is 305 g/mol. The largest absolute Gasteiger partial charge is 0.315 e. The molecule has 0 aliphatic heterocycles. The quantitative estimate of drug-likeness (QED) is 0.727. The van der Waals surface area contributed by atoms with E-state index in [9.17, 15) is 4.79 Å². The minimum absolute atomic E-state index is 0.0619. The Labute approximate surface area is 123 Å². The van der Waals surface area contributed by atoms with Gasteiger partial charge in [0.05, 0.1) is 5.75 Å². The normalized spacial score (nSPS) is 10.8. The summed E-state index contributed by atoms with van der Waals surface area (Å²) in [5.41, 5.74) is 3.29. The van der Waals surface area contributed by atoms with Gasteiger partial charge in [0.15, 0.2) is 16.2 Å². The van der Waals surface area contributed by atoms with Gasteiger partial charge in [-0.05, 0) is 36.4 Å². The second-order valence-corrected chi connectivity index (χ2v) is 6.18. The molecule has 0 spiro atoms. The number of hydrogen-bond donors (Lipinski definition) is 2. The highest BCUT2D eigenvalue weighted by atomic mass is 32.2. The van der Waals surface area contributed by atoms with Gasteiger partial charge in [-0.2, -0.15) is 0 Å². The highest BCUT2D eigenvalue weighted by Gasteiger charge is 2.13. The van der Waals surface area contributed by atoms with Crippen LogP contribution in [-0.4, -0.2) is 21.6 Å². The first-order valence-corrected chi connectivity index (χ1v) is 7.91. The Balaban J connectivity index is 1.63. The van der Waals surface area contributed by atoms with E-state index in [1.165, 1.54) is 28.7 Å². The first-order valence-electron chi connectivity index (χ1n) is 6.04. The number of fused-ring (bicyclic) bond motifs is 1. The lowest BCUT2D eigenvalue weighted by molar-refractivity contribution is -0.396. The summed E-state index contributed by atoms with van der Waals surface area (Å²) in [6.45, 7) is 2.05.